The summed E-state index contributed by atoms with van der Waals surface area (Å²) >= 11 is 0. The van der Waals surface area contributed by atoms with Crippen molar-refractivity contribution in [2.45, 2.75) is 0 Å². The third-order valence-electron chi connectivity index (χ3n) is 2.81. The minimum atomic E-state index is 0.406. The fraction of sp³-hybridized carbons (Fsp3) is 0.231. The van der Waals surface area contributed by atoms with Crippen molar-refractivity contribution in [2.75, 3.05) is 20.9 Å². The average Bonchev–Trinajstić information content (AvgIpc) is 2.43. The summed E-state index contributed by atoms with van der Waals surface area (Å²) in [5.41, 5.74) is 1.73. The molecule has 5 nitrogen and oxygen atoms in total. The number of hydrogen-bond donors (Lipinski definition) is 0. The van der Waals surface area contributed by atoms with Crippen LogP contribution >= 0.6 is 0 Å². The number of methoxy groups -OCH3 is 2. The highest BCUT2D eigenvalue weighted by Gasteiger charge is 2.22. The largest absolute Gasteiger partial charge is 0.496 e. The Hall–Kier alpha value is -2.30. The summed E-state index contributed by atoms with van der Waals surface area (Å²) in [6, 6.07) is 3.64. The van der Waals surface area contributed by atoms with Crippen molar-refractivity contribution in [3.05, 3.63) is 23.3 Å². The predicted molar refractivity (Wildman–Crippen MR) is 68.9 cm³/mol. The lowest BCUT2D eigenvalue weighted by Gasteiger charge is -2.21. The third-order valence-corrected chi connectivity index (χ3v) is 2.81. The van der Waals surface area contributed by atoms with Gasteiger partial charge in [-0.1, -0.05) is 0 Å². The number of hydrogen-bond acceptors (Lipinski definition) is 5. The molecule has 0 fully saturated rings. The molecule has 0 bridgehead atoms. The van der Waals surface area contributed by atoms with Gasteiger partial charge in [-0.2, -0.15) is 0 Å². The molecule has 1 aromatic carbocycles. The Labute approximate surface area is 104 Å². The molecule has 0 amide bonds. The van der Waals surface area contributed by atoms with Gasteiger partial charge in [0.05, 0.1) is 25.4 Å². The van der Waals surface area contributed by atoms with E-state index in [1.54, 1.807) is 20.4 Å². The molecule has 3 rings (SSSR count). The number of rotatable bonds is 2. The van der Waals surface area contributed by atoms with Crippen molar-refractivity contribution in [2.24, 2.45) is 9.98 Å². The molecule has 92 valence electrons. The molecular formula is C13H12N2O3. The van der Waals surface area contributed by atoms with Crippen LogP contribution in [-0.2, 0) is 0 Å². The van der Waals surface area contributed by atoms with E-state index in [-0.39, 0.29) is 0 Å². The Morgan fingerprint density at radius 1 is 1.22 bits per heavy atom. The van der Waals surface area contributed by atoms with Crippen LogP contribution in [0.4, 0.5) is 0 Å². The van der Waals surface area contributed by atoms with Crippen LogP contribution in [0, 0.1) is 0 Å². The van der Waals surface area contributed by atoms with Crippen LogP contribution in [0.15, 0.2) is 27.7 Å². The molecule has 2 aliphatic rings. The first kappa shape index (κ1) is 10.8. The summed E-state index contributed by atoms with van der Waals surface area (Å²) in [7, 11) is 3.22. The van der Waals surface area contributed by atoms with E-state index in [1.165, 1.54) is 0 Å². The molecule has 18 heavy (non-hydrogen) atoms. The van der Waals surface area contributed by atoms with Crippen LogP contribution in [0.3, 0.4) is 0 Å². The summed E-state index contributed by atoms with van der Waals surface area (Å²) < 4.78 is 16.3. The minimum absolute atomic E-state index is 0.406. The molecule has 2 heterocycles. The zero-order valence-electron chi connectivity index (χ0n) is 10.1. The molecule has 0 atom stereocenters. The monoisotopic (exact) mass is 244 g/mol. The molecule has 0 saturated carbocycles. The zero-order valence-corrected chi connectivity index (χ0v) is 10.1. The molecular weight excluding hydrogens is 232 g/mol. The molecule has 0 saturated heterocycles. The predicted octanol–water partition coefficient (Wildman–Crippen LogP) is 1.92. The van der Waals surface area contributed by atoms with Crippen molar-refractivity contribution < 1.29 is 14.2 Å². The second-order valence-corrected chi connectivity index (χ2v) is 3.86. The summed E-state index contributed by atoms with van der Waals surface area (Å²) in [6.45, 7) is 0.406. The minimum Gasteiger partial charge on any atom is -0.496 e. The van der Waals surface area contributed by atoms with Crippen LogP contribution in [0.25, 0.3) is 6.08 Å². The fourth-order valence-corrected chi connectivity index (χ4v) is 1.93. The smallest absolute Gasteiger partial charge is 0.225 e. The van der Waals surface area contributed by atoms with Gasteiger partial charge < -0.3 is 14.2 Å². The van der Waals surface area contributed by atoms with Gasteiger partial charge in [0.25, 0.3) is 0 Å². The van der Waals surface area contributed by atoms with E-state index in [2.05, 4.69) is 9.98 Å². The maximum atomic E-state index is 5.75. The Morgan fingerprint density at radius 3 is 2.89 bits per heavy atom. The molecule has 0 radical (unpaired) electrons. The zero-order chi connectivity index (χ0) is 12.5. The van der Waals surface area contributed by atoms with Gasteiger partial charge in [0.2, 0.25) is 5.90 Å². The second-order valence-electron chi connectivity index (χ2n) is 3.86. The number of aliphatic imine (C=N–C) groups is 2. The number of ether oxygens (including phenoxy) is 3. The standard InChI is InChI=1S/C13H12N2O3/c1-16-9-4-11(17-2)10-3-8-6-14-7-15-13(8)18-12(10)5-9/h3-6H,7H2,1-2H3. The van der Waals surface area contributed by atoms with Gasteiger partial charge >= 0.3 is 0 Å². The lowest BCUT2D eigenvalue weighted by Crippen LogP contribution is -2.20. The highest BCUT2D eigenvalue weighted by molar-refractivity contribution is 6.19. The van der Waals surface area contributed by atoms with Gasteiger partial charge in [-0.15, -0.1) is 0 Å². The molecule has 0 spiro atoms. The summed E-state index contributed by atoms with van der Waals surface area (Å²) in [4.78, 5) is 8.31. The first-order valence-corrected chi connectivity index (χ1v) is 5.52. The average molecular weight is 244 g/mol. The second kappa shape index (κ2) is 4.18. The van der Waals surface area contributed by atoms with E-state index in [4.69, 9.17) is 14.2 Å². The summed E-state index contributed by atoms with van der Waals surface area (Å²) in [5.74, 6) is 2.67. The normalized spacial score (nSPS) is 15.9. The highest BCUT2D eigenvalue weighted by Crippen LogP contribution is 2.38. The van der Waals surface area contributed by atoms with Gasteiger partial charge in [-0.25, -0.2) is 4.99 Å². The lowest BCUT2D eigenvalue weighted by molar-refractivity contribution is 0.388. The van der Waals surface area contributed by atoms with Crippen molar-refractivity contribution in [1.29, 1.82) is 0 Å². The number of fused-ring (bicyclic) bond motifs is 2. The van der Waals surface area contributed by atoms with E-state index in [1.807, 2.05) is 18.2 Å². The molecule has 0 aromatic heterocycles. The van der Waals surface area contributed by atoms with Crippen LogP contribution in [0.1, 0.15) is 5.56 Å². The topological polar surface area (TPSA) is 52.4 Å². The van der Waals surface area contributed by atoms with Crippen LogP contribution < -0.4 is 14.2 Å². The first-order chi connectivity index (χ1) is 8.81. The number of nitrogens with zero attached hydrogens (tertiary/aromatic N) is 2. The summed E-state index contributed by atoms with van der Waals surface area (Å²) in [6.07, 6.45) is 3.72. The Kier molecular flexibility index (Phi) is 2.51. The van der Waals surface area contributed by atoms with Gasteiger partial charge in [0.1, 0.15) is 23.9 Å². The molecule has 1 aromatic rings. The van der Waals surface area contributed by atoms with Gasteiger partial charge in [0.15, 0.2) is 0 Å². The number of benzene rings is 1. The SMILES string of the molecule is COc1cc(OC)c2c(c1)OC1=NCN=CC1=C2. The third kappa shape index (κ3) is 1.64. The Bertz CT molecular complexity index is 588. The Balaban J connectivity index is 2.16. The van der Waals surface area contributed by atoms with Crippen molar-refractivity contribution in [3.63, 3.8) is 0 Å². The summed E-state index contributed by atoms with van der Waals surface area (Å²) in [5, 5.41) is 0. The van der Waals surface area contributed by atoms with Crippen LogP contribution in [0.2, 0.25) is 0 Å². The van der Waals surface area contributed by atoms with Crippen LogP contribution in [0.5, 0.6) is 17.2 Å². The molecule has 2 aliphatic heterocycles. The van der Waals surface area contributed by atoms with Gasteiger partial charge in [0, 0.05) is 18.3 Å². The van der Waals surface area contributed by atoms with Crippen molar-refractivity contribution in [1.82, 2.24) is 0 Å². The molecule has 0 N–H and O–H groups in total. The van der Waals surface area contributed by atoms with Crippen molar-refractivity contribution >= 4 is 18.2 Å². The lowest BCUT2D eigenvalue weighted by atomic mass is 10.1. The quantitative estimate of drug-likeness (QED) is 0.798. The van der Waals surface area contributed by atoms with E-state index in [0.29, 0.717) is 29.8 Å². The molecule has 0 aliphatic carbocycles. The van der Waals surface area contributed by atoms with E-state index in [0.717, 1.165) is 11.1 Å². The first-order valence-electron chi connectivity index (χ1n) is 5.52. The van der Waals surface area contributed by atoms with E-state index >= 15 is 0 Å². The molecule has 5 heteroatoms. The molecule has 0 unspecified atom stereocenters. The van der Waals surface area contributed by atoms with Crippen molar-refractivity contribution in [3.8, 4) is 17.2 Å². The van der Waals surface area contributed by atoms with Gasteiger partial charge in [-0.05, 0) is 6.08 Å². The van der Waals surface area contributed by atoms with E-state index < -0.39 is 0 Å². The van der Waals surface area contributed by atoms with Crippen LogP contribution in [-0.4, -0.2) is 33.0 Å². The highest BCUT2D eigenvalue weighted by atomic mass is 16.5. The maximum Gasteiger partial charge on any atom is 0.225 e. The fourth-order valence-electron chi connectivity index (χ4n) is 1.93. The maximum absolute atomic E-state index is 5.75. The van der Waals surface area contributed by atoms with E-state index in [9.17, 15) is 0 Å². The Morgan fingerprint density at radius 2 is 2.11 bits per heavy atom. The van der Waals surface area contributed by atoms with Gasteiger partial charge in [-0.3, -0.25) is 4.99 Å².